The van der Waals surface area contributed by atoms with E-state index in [1.807, 2.05) is 30.3 Å². The molecule has 6 heteroatoms. The Labute approximate surface area is 151 Å². The highest BCUT2D eigenvalue weighted by Crippen LogP contribution is 2.14. The highest BCUT2D eigenvalue weighted by atomic mass is 19.1. The fourth-order valence-electron chi connectivity index (χ4n) is 2.17. The van der Waals surface area contributed by atoms with Crippen LogP contribution in [0.3, 0.4) is 0 Å². The SMILES string of the molecule is CCOC(=O)c1ccc(F)cc1C=CCNC(=O)OCc1ccccc1. The standard InChI is InChI=1S/C20H20FNO4/c1-2-25-19(23)18-11-10-17(21)13-16(18)9-6-12-22-20(24)26-14-15-7-4-3-5-8-15/h3-11,13H,2,12,14H2,1H3,(H,22,24). The van der Waals surface area contributed by atoms with Gasteiger partial charge in [-0.1, -0.05) is 42.5 Å². The van der Waals surface area contributed by atoms with Crippen LogP contribution in [0.15, 0.2) is 54.6 Å². The number of carbonyl (C=O) groups excluding carboxylic acids is 2. The van der Waals surface area contributed by atoms with E-state index in [0.29, 0.717) is 5.56 Å². The Morgan fingerprint density at radius 3 is 2.62 bits per heavy atom. The van der Waals surface area contributed by atoms with E-state index in [-0.39, 0.29) is 25.3 Å². The van der Waals surface area contributed by atoms with Crippen LogP contribution in [0, 0.1) is 5.82 Å². The lowest BCUT2D eigenvalue weighted by molar-refractivity contribution is 0.0526. The molecule has 0 heterocycles. The molecule has 136 valence electrons. The van der Waals surface area contributed by atoms with Gasteiger partial charge in [0.2, 0.25) is 0 Å². The van der Waals surface area contributed by atoms with Gasteiger partial charge >= 0.3 is 12.1 Å². The third-order valence-electron chi connectivity index (χ3n) is 3.38. The first-order valence-electron chi connectivity index (χ1n) is 8.18. The molecule has 0 aliphatic carbocycles. The van der Waals surface area contributed by atoms with Crippen LogP contribution < -0.4 is 5.32 Å². The minimum Gasteiger partial charge on any atom is -0.462 e. The molecule has 2 aromatic carbocycles. The van der Waals surface area contributed by atoms with Crippen molar-refractivity contribution in [3.05, 3.63) is 77.1 Å². The van der Waals surface area contributed by atoms with Gasteiger partial charge in [0.05, 0.1) is 12.2 Å². The summed E-state index contributed by atoms with van der Waals surface area (Å²) in [6.07, 6.45) is 2.58. The predicted octanol–water partition coefficient (Wildman–Crippen LogP) is 3.94. The summed E-state index contributed by atoms with van der Waals surface area (Å²) in [5.41, 5.74) is 1.52. The van der Waals surface area contributed by atoms with E-state index in [1.165, 1.54) is 18.2 Å². The summed E-state index contributed by atoms with van der Waals surface area (Å²) in [5.74, 6) is -0.990. The average molecular weight is 357 g/mol. The molecule has 2 rings (SSSR count). The molecule has 0 aromatic heterocycles. The summed E-state index contributed by atoms with van der Waals surface area (Å²) in [4.78, 5) is 23.5. The molecular formula is C20H20FNO4. The van der Waals surface area contributed by atoms with E-state index in [9.17, 15) is 14.0 Å². The second-order valence-electron chi connectivity index (χ2n) is 5.30. The molecule has 0 spiro atoms. The fourth-order valence-corrected chi connectivity index (χ4v) is 2.17. The normalized spacial score (nSPS) is 10.5. The summed E-state index contributed by atoms with van der Waals surface area (Å²) >= 11 is 0. The van der Waals surface area contributed by atoms with Gasteiger partial charge in [-0.2, -0.15) is 0 Å². The molecule has 5 nitrogen and oxygen atoms in total. The van der Waals surface area contributed by atoms with Crippen LogP contribution >= 0.6 is 0 Å². The van der Waals surface area contributed by atoms with Crippen molar-refractivity contribution in [1.82, 2.24) is 5.32 Å². The molecule has 0 aliphatic heterocycles. The van der Waals surface area contributed by atoms with Crippen LogP contribution in [0.5, 0.6) is 0 Å². The van der Waals surface area contributed by atoms with E-state index in [1.54, 1.807) is 19.1 Å². The summed E-state index contributed by atoms with van der Waals surface area (Å²) in [6, 6.07) is 13.1. The van der Waals surface area contributed by atoms with E-state index < -0.39 is 17.9 Å². The number of esters is 1. The fraction of sp³-hybridized carbons (Fsp3) is 0.200. The Balaban J connectivity index is 1.87. The zero-order valence-electron chi connectivity index (χ0n) is 14.4. The maximum absolute atomic E-state index is 13.4. The van der Waals surface area contributed by atoms with E-state index >= 15 is 0 Å². The molecular weight excluding hydrogens is 337 g/mol. The number of hydrogen-bond acceptors (Lipinski definition) is 4. The number of amides is 1. The number of rotatable bonds is 7. The average Bonchev–Trinajstić information content (AvgIpc) is 2.64. The van der Waals surface area contributed by atoms with Gasteiger partial charge in [0.15, 0.2) is 0 Å². The molecule has 0 saturated carbocycles. The maximum atomic E-state index is 13.4. The van der Waals surface area contributed by atoms with Crippen LogP contribution in [0.2, 0.25) is 0 Å². The van der Waals surface area contributed by atoms with Crippen LogP contribution in [0.25, 0.3) is 6.08 Å². The third-order valence-corrected chi connectivity index (χ3v) is 3.38. The first kappa shape index (κ1) is 19.2. The van der Waals surface area contributed by atoms with Gasteiger partial charge in [-0.3, -0.25) is 0 Å². The molecule has 0 radical (unpaired) electrons. The van der Waals surface area contributed by atoms with Crippen molar-refractivity contribution in [2.75, 3.05) is 13.2 Å². The second-order valence-corrected chi connectivity index (χ2v) is 5.30. The second kappa shape index (κ2) is 9.98. The van der Waals surface area contributed by atoms with Crippen molar-refractivity contribution in [2.24, 2.45) is 0 Å². The molecule has 0 saturated heterocycles. The number of nitrogens with one attached hydrogen (secondary N) is 1. The molecule has 0 bridgehead atoms. The topological polar surface area (TPSA) is 64.6 Å². The monoisotopic (exact) mass is 357 g/mol. The molecule has 1 N–H and O–H groups in total. The Morgan fingerprint density at radius 2 is 1.88 bits per heavy atom. The maximum Gasteiger partial charge on any atom is 0.407 e. The molecule has 0 unspecified atom stereocenters. The Hall–Kier alpha value is -3.15. The summed E-state index contributed by atoms with van der Waals surface area (Å²) < 4.78 is 23.4. The molecule has 0 fully saturated rings. The van der Waals surface area contributed by atoms with Gasteiger partial charge < -0.3 is 14.8 Å². The molecule has 1 amide bonds. The minimum atomic E-state index is -0.566. The molecule has 26 heavy (non-hydrogen) atoms. The predicted molar refractivity (Wildman–Crippen MR) is 96.0 cm³/mol. The minimum absolute atomic E-state index is 0.173. The first-order chi connectivity index (χ1) is 12.6. The summed E-state index contributed by atoms with van der Waals surface area (Å²) in [7, 11) is 0. The van der Waals surface area contributed by atoms with Crippen LogP contribution in [-0.2, 0) is 16.1 Å². The zero-order valence-corrected chi connectivity index (χ0v) is 14.4. The highest BCUT2D eigenvalue weighted by Gasteiger charge is 2.11. The smallest absolute Gasteiger partial charge is 0.407 e. The zero-order chi connectivity index (χ0) is 18.8. The van der Waals surface area contributed by atoms with E-state index in [0.717, 1.165) is 5.56 Å². The van der Waals surface area contributed by atoms with Gasteiger partial charge in [0.25, 0.3) is 0 Å². The number of ether oxygens (including phenoxy) is 2. The number of carbonyl (C=O) groups is 2. The Bertz CT molecular complexity index is 775. The molecule has 0 atom stereocenters. The van der Waals surface area contributed by atoms with Gasteiger partial charge in [-0.15, -0.1) is 0 Å². The lowest BCUT2D eigenvalue weighted by Crippen LogP contribution is -2.24. The van der Waals surface area contributed by atoms with Crippen molar-refractivity contribution in [3.8, 4) is 0 Å². The number of halogens is 1. The molecule has 2 aromatic rings. The van der Waals surface area contributed by atoms with Crippen LogP contribution in [0.1, 0.15) is 28.4 Å². The highest BCUT2D eigenvalue weighted by molar-refractivity contribution is 5.93. The van der Waals surface area contributed by atoms with Gasteiger partial charge in [0, 0.05) is 6.54 Å². The summed E-state index contributed by atoms with van der Waals surface area (Å²) in [5, 5.41) is 2.55. The third kappa shape index (κ3) is 6.05. The van der Waals surface area contributed by atoms with E-state index in [2.05, 4.69) is 5.32 Å². The Morgan fingerprint density at radius 1 is 1.12 bits per heavy atom. The van der Waals surface area contributed by atoms with E-state index in [4.69, 9.17) is 9.47 Å². The number of hydrogen-bond donors (Lipinski definition) is 1. The van der Waals surface area contributed by atoms with Crippen molar-refractivity contribution in [3.63, 3.8) is 0 Å². The Kier molecular flexibility index (Phi) is 7.36. The van der Waals surface area contributed by atoms with Gasteiger partial charge in [-0.05, 0) is 36.2 Å². The van der Waals surface area contributed by atoms with Crippen LogP contribution in [-0.4, -0.2) is 25.2 Å². The van der Waals surface area contributed by atoms with Crippen molar-refractivity contribution >= 4 is 18.1 Å². The lowest BCUT2D eigenvalue weighted by atomic mass is 10.1. The van der Waals surface area contributed by atoms with Gasteiger partial charge in [0.1, 0.15) is 12.4 Å². The van der Waals surface area contributed by atoms with Gasteiger partial charge in [-0.25, -0.2) is 14.0 Å². The number of alkyl carbamates (subject to hydrolysis) is 1. The molecule has 0 aliphatic rings. The van der Waals surface area contributed by atoms with Crippen molar-refractivity contribution in [1.29, 1.82) is 0 Å². The van der Waals surface area contributed by atoms with Crippen LogP contribution in [0.4, 0.5) is 9.18 Å². The first-order valence-corrected chi connectivity index (χ1v) is 8.18. The quantitative estimate of drug-likeness (QED) is 0.762. The number of benzene rings is 2. The van der Waals surface area contributed by atoms with Crippen molar-refractivity contribution < 1.29 is 23.5 Å². The lowest BCUT2D eigenvalue weighted by Gasteiger charge is -2.07. The largest absolute Gasteiger partial charge is 0.462 e. The summed E-state index contributed by atoms with van der Waals surface area (Å²) in [6.45, 7) is 2.27. The van der Waals surface area contributed by atoms with Crippen molar-refractivity contribution in [2.45, 2.75) is 13.5 Å².